The minimum Gasteiger partial charge on any atom is -0.396 e. The molecule has 0 fully saturated rings. The van der Waals surface area contributed by atoms with Crippen molar-refractivity contribution in [1.29, 1.82) is 0 Å². The SMILES string of the molecule is CCCCCCCCCC(CO)CCCC. The quantitative estimate of drug-likeness (QED) is 0.470. The first-order valence-corrected chi connectivity index (χ1v) is 7.46. The molecular formula is C15H32O. The third-order valence-corrected chi connectivity index (χ3v) is 3.44. The molecule has 0 aromatic carbocycles. The van der Waals surface area contributed by atoms with E-state index in [4.69, 9.17) is 0 Å². The minimum absolute atomic E-state index is 0.399. The Bertz CT molecular complexity index is 123. The van der Waals surface area contributed by atoms with Crippen molar-refractivity contribution < 1.29 is 5.11 Å². The molecule has 0 saturated carbocycles. The molecule has 0 aliphatic rings. The van der Waals surface area contributed by atoms with Crippen molar-refractivity contribution in [2.75, 3.05) is 6.61 Å². The number of hydrogen-bond acceptors (Lipinski definition) is 1. The first-order chi connectivity index (χ1) is 7.85. The van der Waals surface area contributed by atoms with Gasteiger partial charge in [0.2, 0.25) is 0 Å². The fourth-order valence-electron chi connectivity index (χ4n) is 2.21. The average Bonchev–Trinajstić information content (AvgIpc) is 2.32. The highest BCUT2D eigenvalue weighted by molar-refractivity contribution is 4.58. The van der Waals surface area contributed by atoms with Gasteiger partial charge in [-0.05, 0) is 18.8 Å². The number of aliphatic hydroxyl groups excluding tert-OH is 1. The lowest BCUT2D eigenvalue weighted by molar-refractivity contribution is 0.205. The van der Waals surface area contributed by atoms with Gasteiger partial charge in [0.15, 0.2) is 0 Å². The Morgan fingerprint density at radius 1 is 0.688 bits per heavy atom. The number of rotatable bonds is 12. The van der Waals surface area contributed by atoms with Crippen LogP contribution in [0.2, 0.25) is 0 Å². The fraction of sp³-hybridized carbons (Fsp3) is 1.00. The molecule has 0 heterocycles. The van der Waals surface area contributed by atoms with Gasteiger partial charge in [-0.1, -0.05) is 71.6 Å². The summed E-state index contributed by atoms with van der Waals surface area (Å²) in [7, 11) is 0. The Labute approximate surface area is 103 Å². The van der Waals surface area contributed by atoms with Gasteiger partial charge < -0.3 is 5.11 Å². The molecule has 98 valence electrons. The smallest absolute Gasteiger partial charge is 0.0459 e. The Morgan fingerprint density at radius 3 is 1.75 bits per heavy atom. The average molecular weight is 228 g/mol. The molecule has 16 heavy (non-hydrogen) atoms. The highest BCUT2D eigenvalue weighted by Gasteiger charge is 2.05. The van der Waals surface area contributed by atoms with Crippen molar-refractivity contribution in [3.8, 4) is 0 Å². The van der Waals surface area contributed by atoms with E-state index >= 15 is 0 Å². The van der Waals surface area contributed by atoms with Crippen LogP contribution in [0, 0.1) is 5.92 Å². The van der Waals surface area contributed by atoms with E-state index in [0.717, 1.165) is 0 Å². The van der Waals surface area contributed by atoms with E-state index in [1.807, 2.05) is 0 Å². The highest BCUT2D eigenvalue weighted by atomic mass is 16.3. The predicted molar refractivity (Wildman–Crippen MR) is 72.7 cm³/mol. The van der Waals surface area contributed by atoms with Gasteiger partial charge in [0.25, 0.3) is 0 Å². The van der Waals surface area contributed by atoms with Gasteiger partial charge in [0.05, 0.1) is 0 Å². The molecular weight excluding hydrogens is 196 g/mol. The molecule has 0 aromatic rings. The van der Waals surface area contributed by atoms with Gasteiger partial charge in [-0.25, -0.2) is 0 Å². The topological polar surface area (TPSA) is 20.2 Å². The zero-order valence-corrected chi connectivity index (χ0v) is 11.5. The van der Waals surface area contributed by atoms with Crippen LogP contribution in [0.5, 0.6) is 0 Å². The van der Waals surface area contributed by atoms with Crippen LogP contribution in [0.15, 0.2) is 0 Å². The van der Waals surface area contributed by atoms with Crippen LogP contribution in [0.1, 0.15) is 84.5 Å². The summed E-state index contributed by atoms with van der Waals surface area (Å²) < 4.78 is 0. The fourth-order valence-corrected chi connectivity index (χ4v) is 2.21. The molecule has 0 bridgehead atoms. The lowest BCUT2D eigenvalue weighted by Crippen LogP contribution is -2.05. The first kappa shape index (κ1) is 16.0. The summed E-state index contributed by atoms with van der Waals surface area (Å²) >= 11 is 0. The van der Waals surface area contributed by atoms with Gasteiger partial charge in [-0.15, -0.1) is 0 Å². The molecule has 0 radical (unpaired) electrons. The maximum absolute atomic E-state index is 9.23. The van der Waals surface area contributed by atoms with E-state index in [-0.39, 0.29) is 0 Å². The van der Waals surface area contributed by atoms with E-state index < -0.39 is 0 Å². The van der Waals surface area contributed by atoms with Crippen molar-refractivity contribution in [2.24, 2.45) is 5.92 Å². The second kappa shape index (κ2) is 13.0. The van der Waals surface area contributed by atoms with Crippen molar-refractivity contribution in [3.63, 3.8) is 0 Å². The monoisotopic (exact) mass is 228 g/mol. The van der Waals surface area contributed by atoms with E-state index in [1.165, 1.54) is 70.6 Å². The normalized spacial score (nSPS) is 12.9. The highest BCUT2D eigenvalue weighted by Crippen LogP contribution is 2.17. The third-order valence-electron chi connectivity index (χ3n) is 3.44. The lowest BCUT2D eigenvalue weighted by atomic mass is 9.96. The van der Waals surface area contributed by atoms with Gasteiger partial charge in [-0.3, -0.25) is 0 Å². The Hall–Kier alpha value is -0.0400. The summed E-state index contributed by atoms with van der Waals surface area (Å²) in [4.78, 5) is 0. The van der Waals surface area contributed by atoms with Crippen molar-refractivity contribution in [1.82, 2.24) is 0 Å². The molecule has 1 nitrogen and oxygen atoms in total. The van der Waals surface area contributed by atoms with E-state index in [2.05, 4.69) is 13.8 Å². The summed E-state index contributed by atoms with van der Waals surface area (Å²) in [6, 6.07) is 0. The van der Waals surface area contributed by atoms with Crippen LogP contribution >= 0.6 is 0 Å². The maximum atomic E-state index is 9.23. The van der Waals surface area contributed by atoms with Crippen molar-refractivity contribution in [3.05, 3.63) is 0 Å². The summed E-state index contributed by atoms with van der Waals surface area (Å²) in [6.45, 7) is 4.89. The van der Waals surface area contributed by atoms with Gasteiger partial charge in [0.1, 0.15) is 0 Å². The lowest BCUT2D eigenvalue weighted by Gasteiger charge is -2.13. The molecule has 0 saturated heterocycles. The zero-order valence-electron chi connectivity index (χ0n) is 11.5. The molecule has 0 rings (SSSR count). The molecule has 1 heteroatoms. The molecule has 1 atom stereocenters. The summed E-state index contributed by atoms with van der Waals surface area (Å²) in [5.74, 6) is 0.579. The molecule has 1 unspecified atom stereocenters. The minimum atomic E-state index is 0.399. The molecule has 0 aromatic heterocycles. The van der Waals surface area contributed by atoms with E-state index in [1.54, 1.807) is 0 Å². The van der Waals surface area contributed by atoms with E-state index in [0.29, 0.717) is 12.5 Å². The van der Waals surface area contributed by atoms with Gasteiger partial charge in [-0.2, -0.15) is 0 Å². The number of hydrogen-bond donors (Lipinski definition) is 1. The van der Waals surface area contributed by atoms with Gasteiger partial charge >= 0.3 is 0 Å². The van der Waals surface area contributed by atoms with Crippen LogP contribution in [0.3, 0.4) is 0 Å². The standard InChI is InChI=1S/C15H32O/c1-3-5-7-8-9-10-11-13-15(14-16)12-6-4-2/h15-16H,3-14H2,1-2H3. The predicted octanol–water partition coefficient (Wildman–Crippen LogP) is 4.93. The first-order valence-electron chi connectivity index (χ1n) is 7.46. The van der Waals surface area contributed by atoms with E-state index in [9.17, 15) is 5.11 Å². The number of aliphatic hydroxyl groups is 1. The maximum Gasteiger partial charge on any atom is 0.0459 e. The summed E-state index contributed by atoms with van der Waals surface area (Å²) in [6.07, 6.45) is 14.6. The zero-order chi connectivity index (χ0) is 12.1. The molecule has 0 aliphatic heterocycles. The van der Waals surface area contributed by atoms with Crippen LogP contribution in [-0.4, -0.2) is 11.7 Å². The molecule has 1 N–H and O–H groups in total. The molecule has 0 amide bonds. The third kappa shape index (κ3) is 10.5. The van der Waals surface area contributed by atoms with Gasteiger partial charge in [0, 0.05) is 6.61 Å². The van der Waals surface area contributed by atoms with Crippen molar-refractivity contribution >= 4 is 0 Å². The van der Waals surface area contributed by atoms with Crippen LogP contribution in [0.25, 0.3) is 0 Å². The van der Waals surface area contributed by atoms with Crippen molar-refractivity contribution in [2.45, 2.75) is 84.5 Å². The molecule has 0 aliphatic carbocycles. The Kier molecular flexibility index (Phi) is 13.0. The van der Waals surface area contributed by atoms with Crippen LogP contribution in [0.4, 0.5) is 0 Å². The summed E-state index contributed by atoms with van der Waals surface area (Å²) in [5.41, 5.74) is 0. The second-order valence-corrected chi connectivity index (χ2v) is 5.10. The number of unbranched alkanes of at least 4 members (excludes halogenated alkanes) is 7. The van der Waals surface area contributed by atoms with Crippen LogP contribution < -0.4 is 0 Å². The molecule has 0 spiro atoms. The Balaban J connectivity index is 3.20. The largest absolute Gasteiger partial charge is 0.396 e. The van der Waals surface area contributed by atoms with Crippen LogP contribution in [-0.2, 0) is 0 Å². The Morgan fingerprint density at radius 2 is 1.19 bits per heavy atom. The summed E-state index contributed by atoms with van der Waals surface area (Å²) in [5, 5.41) is 9.23. The second-order valence-electron chi connectivity index (χ2n) is 5.10.